The van der Waals surface area contributed by atoms with Crippen molar-refractivity contribution in [3.05, 3.63) is 53.9 Å². The maximum atomic E-state index is 4.21. The van der Waals surface area contributed by atoms with Crippen LogP contribution < -0.4 is 5.32 Å². The highest BCUT2D eigenvalue weighted by Gasteiger charge is 2.08. The number of rotatable bonds is 4. The number of benzene rings is 1. The van der Waals surface area contributed by atoms with Gasteiger partial charge in [0, 0.05) is 17.8 Å². The molecular formula is C14H16N6. The van der Waals surface area contributed by atoms with Gasteiger partial charge in [0.25, 0.3) is 0 Å². The lowest BCUT2D eigenvalue weighted by molar-refractivity contribution is 0.877. The first-order chi connectivity index (χ1) is 9.75. The highest BCUT2D eigenvalue weighted by Crippen LogP contribution is 2.20. The fraction of sp³-hybridized carbons (Fsp3) is 0.214. The molecule has 2 heterocycles. The van der Waals surface area contributed by atoms with Crippen LogP contribution in [-0.2, 0) is 6.54 Å². The van der Waals surface area contributed by atoms with Crippen LogP contribution >= 0.6 is 0 Å². The van der Waals surface area contributed by atoms with Crippen molar-refractivity contribution in [1.29, 1.82) is 0 Å². The van der Waals surface area contributed by atoms with Crippen molar-refractivity contribution in [3.8, 4) is 5.69 Å². The van der Waals surface area contributed by atoms with Gasteiger partial charge in [-0.3, -0.25) is 5.10 Å². The quantitative estimate of drug-likeness (QED) is 0.761. The smallest absolute Gasteiger partial charge is 0.138 e. The Balaban J connectivity index is 1.85. The molecule has 0 saturated heterocycles. The fourth-order valence-corrected chi connectivity index (χ4v) is 2.17. The molecule has 0 aliphatic rings. The molecule has 20 heavy (non-hydrogen) atoms. The fourth-order valence-electron chi connectivity index (χ4n) is 2.17. The molecule has 2 N–H and O–H groups in total. The summed E-state index contributed by atoms with van der Waals surface area (Å²) in [6.45, 7) is 4.75. The maximum Gasteiger partial charge on any atom is 0.138 e. The Bertz CT molecular complexity index is 679. The highest BCUT2D eigenvalue weighted by atomic mass is 15.3. The molecule has 2 aromatic heterocycles. The largest absolute Gasteiger partial charge is 0.379 e. The van der Waals surface area contributed by atoms with Crippen molar-refractivity contribution in [1.82, 2.24) is 25.0 Å². The Hall–Kier alpha value is -2.63. The summed E-state index contributed by atoms with van der Waals surface area (Å²) < 4.78 is 1.75. The maximum absolute atomic E-state index is 4.21. The predicted molar refractivity (Wildman–Crippen MR) is 76.7 cm³/mol. The Labute approximate surface area is 116 Å². The molecule has 0 unspecified atom stereocenters. The summed E-state index contributed by atoms with van der Waals surface area (Å²) in [5, 5.41) is 14.8. The van der Waals surface area contributed by atoms with Gasteiger partial charge >= 0.3 is 0 Å². The van der Waals surface area contributed by atoms with Crippen molar-refractivity contribution in [2.45, 2.75) is 20.4 Å². The van der Waals surface area contributed by atoms with Crippen LogP contribution in [0.15, 0.2) is 36.9 Å². The van der Waals surface area contributed by atoms with E-state index in [1.807, 2.05) is 38.1 Å². The molecule has 102 valence electrons. The summed E-state index contributed by atoms with van der Waals surface area (Å²) >= 11 is 0. The summed E-state index contributed by atoms with van der Waals surface area (Å²) in [5.41, 5.74) is 5.29. The molecule has 0 atom stereocenters. The first-order valence-corrected chi connectivity index (χ1v) is 6.44. The molecule has 6 nitrogen and oxygen atoms in total. The van der Waals surface area contributed by atoms with Gasteiger partial charge in [0.15, 0.2) is 0 Å². The van der Waals surface area contributed by atoms with Gasteiger partial charge in [0.05, 0.1) is 17.1 Å². The van der Waals surface area contributed by atoms with Gasteiger partial charge in [0.2, 0.25) is 0 Å². The minimum Gasteiger partial charge on any atom is -0.379 e. The number of anilines is 1. The number of nitrogens with one attached hydrogen (secondary N) is 2. The normalized spacial score (nSPS) is 10.7. The summed E-state index contributed by atoms with van der Waals surface area (Å²) in [5.74, 6) is 0. The SMILES string of the molecule is Cc1n[nH]c(C)c1CNc1ccccc1-n1cncn1. The van der Waals surface area contributed by atoms with E-state index in [0.29, 0.717) is 0 Å². The molecule has 3 aromatic rings. The molecule has 0 aliphatic heterocycles. The van der Waals surface area contributed by atoms with E-state index in [-0.39, 0.29) is 0 Å². The molecular weight excluding hydrogens is 252 g/mol. The summed E-state index contributed by atoms with van der Waals surface area (Å²) in [6, 6.07) is 8.02. The second-order valence-corrected chi connectivity index (χ2v) is 4.62. The van der Waals surface area contributed by atoms with E-state index in [1.165, 1.54) is 11.9 Å². The van der Waals surface area contributed by atoms with Gasteiger partial charge in [-0.15, -0.1) is 0 Å². The predicted octanol–water partition coefficient (Wildman–Crippen LogP) is 2.22. The third-order valence-corrected chi connectivity index (χ3v) is 3.31. The Morgan fingerprint density at radius 2 is 2.10 bits per heavy atom. The first kappa shape index (κ1) is 12.4. The van der Waals surface area contributed by atoms with Gasteiger partial charge in [-0.2, -0.15) is 10.2 Å². The van der Waals surface area contributed by atoms with Crippen LogP contribution in [0.5, 0.6) is 0 Å². The van der Waals surface area contributed by atoms with E-state index in [2.05, 4.69) is 25.6 Å². The Morgan fingerprint density at radius 3 is 2.80 bits per heavy atom. The number of aromatic amines is 1. The molecule has 0 spiro atoms. The van der Waals surface area contributed by atoms with Crippen molar-refractivity contribution in [2.75, 3.05) is 5.32 Å². The number of aryl methyl sites for hydroxylation is 2. The minimum absolute atomic E-state index is 0.722. The van der Waals surface area contributed by atoms with Crippen LogP contribution in [0.4, 0.5) is 5.69 Å². The molecule has 6 heteroatoms. The van der Waals surface area contributed by atoms with Crippen LogP contribution in [0.3, 0.4) is 0 Å². The van der Waals surface area contributed by atoms with Gasteiger partial charge in [0.1, 0.15) is 12.7 Å². The summed E-state index contributed by atoms with van der Waals surface area (Å²) in [6.07, 6.45) is 3.22. The molecule has 0 saturated carbocycles. The van der Waals surface area contributed by atoms with E-state index in [9.17, 15) is 0 Å². The van der Waals surface area contributed by atoms with Gasteiger partial charge in [-0.1, -0.05) is 12.1 Å². The van der Waals surface area contributed by atoms with Crippen molar-refractivity contribution >= 4 is 5.69 Å². The second-order valence-electron chi connectivity index (χ2n) is 4.62. The van der Waals surface area contributed by atoms with Gasteiger partial charge in [-0.25, -0.2) is 9.67 Å². The van der Waals surface area contributed by atoms with Crippen LogP contribution in [0.2, 0.25) is 0 Å². The van der Waals surface area contributed by atoms with Gasteiger partial charge < -0.3 is 5.32 Å². The zero-order valence-corrected chi connectivity index (χ0v) is 11.5. The third kappa shape index (κ3) is 2.27. The molecule has 0 amide bonds. The molecule has 3 rings (SSSR count). The second kappa shape index (κ2) is 5.16. The average Bonchev–Trinajstić information content (AvgIpc) is 3.09. The van der Waals surface area contributed by atoms with E-state index in [4.69, 9.17) is 0 Å². The van der Waals surface area contributed by atoms with E-state index >= 15 is 0 Å². The zero-order valence-electron chi connectivity index (χ0n) is 11.5. The minimum atomic E-state index is 0.722. The van der Waals surface area contributed by atoms with E-state index in [0.717, 1.165) is 29.3 Å². The summed E-state index contributed by atoms with van der Waals surface area (Å²) in [4.78, 5) is 3.99. The van der Waals surface area contributed by atoms with Crippen molar-refractivity contribution in [2.24, 2.45) is 0 Å². The van der Waals surface area contributed by atoms with Crippen molar-refractivity contribution < 1.29 is 0 Å². The molecule has 0 aliphatic carbocycles. The molecule has 0 radical (unpaired) electrons. The standard InChI is InChI=1S/C14H16N6/c1-10-12(11(2)19-18-10)7-16-13-5-3-4-6-14(13)20-9-15-8-17-20/h3-6,8-9,16H,7H2,1-2H3,(H,18,19). The number of para-hydroxylation sites is 2. The lowest BCUT2D eigenvalue weighted by atomic mass is 10.2. The number of aromatic nitrogens is 5. The van der Waals surface area contributed by atoms with Crippen LogP contribution in [0, 0.1) is 13.8 Å². The monoisotopic (exact) mass is 268 g/mol. The number of H-pyrrole nitrogens is 1. The zero-order chi connectivity index (χ0) is 13.9. The van der Waals surface area contributed by atoms with Crippen LogP contribution in [0.1, 0.15) is 17.0 Å². The molecule has 0 fully saturated rings. The number of hydrogen-bond acceptors (Lipinski definition) is 4. The van der Waals surface area contributed by atoms with Crippen LogP contribution in [0.25, 0.3) is 5.69 Å². The third-order valence-electron chi connectivity index (χ3n) is 3.31. The topological polar surface area (TPSA) is 71.4 Å². The first-order valence-electron chi connectivity index (χ1n) is 6.44. The highest BCUT2D eigenvalue weighted by molar-refractivity contribution is 5.60. The van der Waals surface area contributed by atoms with E-state index in [1.54, 1.807) is 11.0 Å². The molecule has 1 aromatic carbocycles. The Morgan fingerprint density at radius 1 is 1.25 bits per heavy atom. The summed E-state index contributed by atoms with van der Waals surface area (Å²) in [7, 11) is 0. The van der Waals surface area contributed by atoms with Crippen LogP contribution in [-0.4, -0.2) is 25.0 Å². The number of nitrogens with zero attached hydrogens (tertiary/aromatic N) is 4. The van der Waals surface area contributed by atoms with E-state index < -0.39 is 0 Å². The average molecular weight is 268 g/mol. The lowest BCUT2D eigenvalue weighted by Crippen LogP contribution is -2.06. The molecule has 0 bridgehead atoms. The number of hydrogen-bond donors (Lipinski definition) is 2. The van der Waals surface area contributed by atoms with Gasteiger partial charge in [-0.05, 0) is 26.0 Å². The van der Waals surface area contributed by atoms with Crippen molar-refractivity contribution in [3.63, 3.8) is 0 Å². The Kier molecular flexibility index (Phi) is 3.20. The lowest BCUT2D eigenvalue weighted by Gasteiger charge is -2.11.